The minimum atomic E-state index is -0.619. The summed E-state index contributed by atoms with van der Waals surface area (Å²) < 4.78 is 19.6. The zero-order valence-corrected chi connectivity index (χ0v) is 22.4. The van der Waals surface area contributed by atoms with Crippen LogP contribution in [0.5, 0.6) is 0 Å². The molecule has 0 unspecified atom stereocenters. The van der Waals surface area contributed by atoms with Gasteiger partial charge in [-0.2, -0.15) is 0 Å². The lowest BCUT2D eigenvalue weighted by molar-refractivity contribution is 0.0911. The quantitative estimate of drug-likeness (QED) is 0.233. The van der Waals surface area contributed by atoms with E-state index in [0.717, 1.165) is 16.7 Å². The van der Waals surface area contributed by atoms with Gasteiger partial charge in [-0.05, 0) is 79.1 Å². The molecule has 0 radical (unpaired) electrons. The van der Waals surface area contributed by atoms with Gasteiger partial charge in [0.05, 0.1) is 21.7 Å². The first-order chi connectivity index (χ1) is 18.7. The predicted octanol–water partition coefficient (Wildman–Crippen LogP) is 7.58. The molecule has 4 aromatic carbocycles. The smallest absolute Gasteiger partial charge is 0.255 e. The van der Waals surface area contributed by atoms with E-state index in [1.54, 1.807) is 37.4 Å². The van der Waals surface area contributed by atoms with Crippen molar-refractivity contribution in [3.63, 3.8) is 0 Å². The van der Waals surface area contributed by atoms with E-state index in [0.29, 0.717) is 38.4 Å². The lowest BCUT2D eigenvalue weighted by Crippen LogP contribution is -2.41. The molecule has 5 rings (SSSR count). The number of furan rings is 1. The lowest BCUT2D eigenvalue weighted by Gasteiger charge is -2.27. The fraction of sp³-hybridized carbons (Fsp3) is 0.125. The van der Waals surface area contributed by atoms with Gasteiger partial charge < -0.3 is 15.1 Å². The maximum absolute atomic E-state index is 13.5. The highest BCUT2D eigenvalue weighted by Gasteiger charge is 2.25. The number of carbonyl (C=O) groups is 2. The number of rotatable bonds is 6. The SMILES string of the molecule is CNC(=O)c1c(-c2ccc(F)cc2)oc2ccc(-c3ccc(Cl)c(C(=O)NC(C)(C)c4ccccc4)c3)cc12. The van der Waals surface area contributed by atoms with Crippen molar-refractivity contribution in [3.8, 4) is 22.5 Å². The van der Waals surface area contributed by atoms with E-state index in [2.05, 4.69) is 10.6 Å². The van der Waals surface area contributed by atoms with Crippen molar-refractivity contribution in [2.75, 3.05) is 7.05 Å². The Bertz CT molecular complexity index is 1690. The number of hydrogen-bond donors (Lipinski definition) is 2. The Labute approximate surface area is 230 Å². The van der Waals surface area contributed by atoms with E-state index in [4.69, 9.17) is 16.0 Å². The van der Waals surface area contributed by atoms with Gasteiger partial charge in [0.25, 0.3) is 11.8 Å². The molecular weight excluding hydrogens is 515 g/mol. The number of amides is 2. The lowest BCUT2D eigenvalue weighted by atomic mass is 9.93. The third-order valence-electron chi connectivity index (χ3n) is 6.71. The van der Waals surface area contributed by atoms with Gasteiger partial charge in [-0.1, -0.05) is 54.1 Å². The Balaban J connectivity index is 1.55. The summed E-state index contributed by atoms with van der Waals surface area (Å²) in [7, 11) is 1.54. The Morgan fingerprint density at radius 1 is 0.821 bits per heavy atom. The molecule has 2 amide bonds. The van der Waals surface area contributed by atoms with Crippen LogP contribution >= 0.6 is 11.6 Å². The van der Waals surface area contributed by atoms with E-state index in [1.165, 1.54) is 12.1 Å². The van der Waals surface area contributed by atoms with Gasteiger partial charge in [0.2, 0.25) is 0 Å². The summed E-state index contributed by atoms with van der Waals surface area (Å²) in [5, 5.41) is 6.66. The van der Waals surface area contributed by atoms with Crippen LogP contribution in [0, 0.1) is 5.82 Å². The summed E-state index contributed by atoms with van der Waals surface area (Å²) in [5.41, 5.74) is 3.64. The van der Waals surface area contributed by atoms with Crippen LogP contribution in [0.15, 0.2) is 95.4 Å². The molecule has 0 aliphatic rings. The van der Waals surface area contributed by atoms with E-state index in [1.807, 2.05) is 62.4 Å². The molecule has 0 saturated carbocycles. The second kappa shape index (κ2) is 10.4. The highest BCUT2D eigenvalue weighted by Crippen LogP contribution is 2.37. The number of nitrogens with one attached hydrogen (secondary N) is 2. The molecule has 0 spiro atoms. The Morgan fingerprint density at radius 2 is 1.46 bits per heavy atom. The van der Waals surface area contributed by atoms with Crippen molar-refractivity contribution in [2.45, 2.75) is 19.4 Å². The number of fused-ring (bicyclic) bond motifs is 1. The molecular formula is C32H26ClFN2O3. The van der Waals surface area contributed by atoms with Crippen molar-refractivity contribution in [3.05, 3.63) is 119 Å². The Kier molecular flexibility index (Phi) is 6.98. The topological polar surface area (TPSA) is 71.3 Å². The molecule has 7 heteroatoms. The number of carbonyl (C=O) groups excluding carboxylic acids is 2. The highest BCUT2D eigenvalue weighted by molar-refractivity contribution is 6.34. The van der Waals surface area contributed by atoms with E-state index >= 15 is 0 Å². The predicted molar refractivity (Wildman–Crippen MR) is 152 cm³/mol. The number of benzene rings is 4. The second-order valence-corrected chi connectivity index (χ2v) is 10.2. The molecule has 5 nitrogen and oxygen atoms in total. The zero-order chi connectivity index (χ0) is 27.7. The van der Waals surface area contributed by atoms with Gasteiger partial charge >= 0.3 is 0 Å². The van der Waals surface area contributed by atoms with Crippen molar-refractivity contribution < 1.29 is 18.4 Å². The van der Waals surface area contributed by atoms with E-state index in [-0.39, 0.29) is 17.6 Å². The first-order valence-corrected chi connectivity index (χ1v) is 12.8. The van der Waals surface area contributed by atoms with Gasteiger partial charge in [-0.3, -0.25) is 9.59 Å². The maximum Gasteiger partial charge on any atom is 0.255 e. The minimum absolute atomic E-state index is 0.301. The summed E-state index contributed by atoms with van der Waals surface area (Å²) in [6.45, 7) is 3.87. The molecule has 0 aliphatic carbocycles. The summed E-state index contributed by atoms with van der Waals surface area (Å²) in [4.78, 5) is 26.2. The largest absolute Gasteiger partial charge is 0.455 e. The normalized spacial score (nSPS) is 11.4. The molecule has 5 aromatic rings. The first kappa shape index (κ1) is 26.2. The van der Waals surface area contributed by atoms with Crippen molar-refractivity contribution >= 4 is 34.4 Å². The van der Waals surface area contributed by atoms with Crippen molar-refractivity contribution in [1.82, 2.24) is 10.6 Å². The third-order valence-corrected chi connectivity index (χ3v) is 7.04. The second-order valence-electron chi connectivity index (χ2n) is 9.74. The molecule has 0 aliphatic heterocycles. The summed E-state index contributed by atoms with van der Waals surface area (Å²) in [6.07, 6.45) is 0. The molecule has 39 heavy (non-hydrogen) atoms. The van der Waals surface area contributed by atoms with Crippen LogP contribution in [-0.2, 0) is 5.54 Å². The standard InChI is InChI=1S/C32H26ClFN2O3/c1-32(2,22-7-5-4-6-8-22)36-30(37)24-17-20(11-15-26(24)33)21-12-16-27-25(18-21)28(31(38)35-3)29(39-27)19-9-13-23(34)14-10-19/h4-18H,1-3H3,(H,35,38)(H,36,37). The van der Waals surface area contributed by atoms with E-state index < -0.39 is 5.54 Å². The molecule has 0 fully saturated rings. The molecule has 1 aromatic heterocycles. The van der Waals surface area contributed by atoms with Crippen molar-refractivity contribution in [1.29, 1.82) is 0 Å². The number of halogens is 2. The van der Waals surface area contributed by atoms with Gasteiger partial charge in [-0.15, -0.1) is 0 Å². The molecule has 0 bridgehead atoms. The summed E-state index contributed by atoms with van der Waals surface area (Å²) in [6, 6.07) is 26.2. The van der Waals surface area contributed by atoms with Gasteiger partial charge in [-0.25, -0.2) is 4.39 Å². The Morgan fingerprint density at radius 3 is 2.15 bits per heavy atom. The third kappa shape index (κ3) is 5.16. The van der Waals surface area contributed by atoms with Crippen molar-refractivity contribution in [2.24, 2.45) is 0 Å². The minimum Gasteiger partial charge on any atom is -0.455 e. The van der Waals surface area contributed by atoms with E-state index in [9.17, 15) is 14.0 Å². The van der Waals surface area contributed by atoms with Crippen LogP contribution < -0.4 is 10.6 Å². The molecule has 1 heterocycles. The summed E-state index contributed by atoms with van der Waals surface area (Å²) in [5.74, 6) is -0.663. The van der Waals surface area contributed by atoms with Crippen LogP contribution in [0.2, 0.25) is 5.02 Å². The van der Waals surface area contributed by atoms with Crippen LogP contribution in [0.1, 0.15) is 40.1 Å². The first-order valence-electron chi connectivity index (χ1n) is 12.4. The fourth-order valence-electron chi connectivity index (χ4n) is 4.59. The van der Waals surface area contributed by atoms with Gasteiger partial charge in [0.1, 0.15) is 17.2 Å². The average Bonchev–Trinajstić information content (AvgIpc) is 3.32. The monoisotopic (exact) mass is 540 g/mol. The summed E-state index contributed by atoms with van der Waals surface area (Å²) >= 11 is 6.46. The van der Waals surface area contributed by atoms with Gasteiger partial charge in [0.15, 0.2) is 0 Å². The van der Waals surface area contributed by atoms with Crippen LogP contribution in [0.3, 0.4) is 0 Å². The fourth-order valence-corrected chi connectivity index (χ4v) is 4.79. The van der Waals surface area contributed by atoms with Crippen LogP contribution in [-0.4, -0.2) is 18.9 Å². The van der Waals surface area contributed by atoms with Gasteiger partial charge in [0, 0.05) is 18.0 Å². The van der Waals surface area contributed by atoms with Crippen LogP contribution in [0.4, 0.5) is 4.39 Å². The zero-order valence-electron chi connectivity index (χ0n) is 21.6. The number of hydrogen-bond acceptors (Lipinski definition) is 3. The highest BCUT2D eigenvalue weighted by atomic mass is 35.5. The maximum atomic E-state index is 13.5. The molecule has 2 N–H and O–H groups in total. The average molecular weight is 541 g/mol. The van der Waals surface area contributed by atoms with Crippen LogP contribution in [0.25, 0.3) is 33.4 Å². The molecule has 196 valence electrons. The Hall–Kier alpha value is -4.42. The molecule has 0 saturated heterocycles. The molecule has 0 atom stereocenters.